The second-order valence-electron chi connectivity index (χ2n) is 5.58. The number of nitrogens with one attached hydrogen (secondary N) is 1. The largest absolute Gasteiger partial charge is 0.305 e. The molecule has 2 aromatic rings. The molecule has 0 amide bonds. The smallest absolute Gasteiger partial charge is 0.243 e. The summed E-state index contributed by atoms with van der Waals surface area (Å²) in [4.78, 5) is 4.62. The van der Waals surface area contributed by atoms with Gasteiger partial charge in [-0.15, -0.1) is 0 Å². The summed E-state index contributed by atoms with van der Waals surface area (Å²) < 4.78 is 26.4. The summed E-state index contributed by atoms with van der Waals surface area (Å²) in [6.07, 6.45) is 1.77. The molecule has 130 valence electrons. The second kappa shape index (κ2) is 8.37. The molecule has 0 bridgehead atoms. The average molecular weight is 347 g/mol. The van der Waals surface area contributed by atoms with Crippen molar-refractivity contribution in [2.24, 2.45) is 0 Å². The summed E-state index contributed by atoms with van der Waals surface area (Å²) in [5, 5.41) is 3.40. The molecule has 0 radical (unpaired) electrons. The van der Waals surface area contributed by atoms with E-state index in [1.54, 1.807) is 18.3 Å². The van der Waals surface area contributed by atoms with Crippen molar-refractivity contribution in [3.63, 3.8) is 0 Å². The van der Waals surface area contributed by atoms with Gasteiger partial charge in [0.25, 0.3) is 0 Å². The van der Waals surface area contributed by atoms with Crippen molar-refractivity contribution in [2.75, 3.05) is 13.1 Å². The number of rotatable bonds is 8. The molecule has 0 aliphatic carbocycles. The second-order valence-corrected chi connectivity index (χ2v) is 7.52. The van der Waals surface area contributed by atoms with E-state index in [0.29, 0.717) is 24.5 Å². The van der Waals surface area contributed by atoms with Crippen molar-refractivity contribution in [3.05, 3.63) is 59.9 Å². The molecule has 0 fully saturated rings. The Kier molecular flexibility index (Phi) is 6.48. The third kappa shape index (κ3) is 4.41. The van der Waals surface area contributed by atoms with Gasteiger partial charge >= 0.3 is 0 Å². The van der Waals surface area contributed by atoms with Gasteiger partial charge in [-0.05, 0) is 36.8 Å². The first kappa shape index (κ1) is 18.6. The van der Waals surface area contributed by atoms with Crippen molar-refractivity contribution in [1.82, 2.24) is 14.6 Å². The highest BCUT2D eigenvalue weighted by Crippen LogP contribution is 2.19. The molecule has 0 aliphatic heterocycles. The fourth-order valence-corrected chi connectivity index (χ4v) is 3.98. The van der Waals surface area contributed by atoms with Gasteiger partial charge in [0.05, 0.1) is 10.6 Å². The quantitative estimate of drug-likeness (QED) is 0.797. The van der Waals surface area contributed by atoms with Crippen LogP contribution in [0.15, 0.2) is 53.6 Å². The van der Waals surface area contributed by atoms with Gasteiger partial charge in [0.1, 0.15) is 0 Å². The molecule has 24 heavy (non-hydrogen) atoms. The molecule has 2 rings (SSSR count). The van der Waals surface area contributed by atoms with E-state index >= 15 is 0 Å². The first-order valence-electron chi connectivity index (χ1n) is 8.22. The molecule has 1 atom stereocenters. The van der Waals surface area contributed by atoms with Crippen LogP contribution in [0.5, 0.6) is 0 Å². The Bertz CT molecular complexity index is 727. The first-order chi connectivity index (χ1) is 11.5. The zero-order chi connectivity index (χ0) is 17.6. The number of hydrogen-bond acceptors (Lipinski definition) is 4. The van der Waals surface area contributed by atoms with Crippen molar-refractivity contribution >= 4 is 10.0 Å². The molecule has 1 unspecified atom stereocenters. The fraction of sp³-hybridized carbons (Fsp3) is 0.389. The van der Waals surface area contributed by atoms with Crippen LogP contribution in [0.25, 0.3) is 0 Å². The molecule has 5 nitrogen and oxygen atoms in total. The van der Waals surface area contributed by atoms with Crippen molar-refractivity contribution < 1.29 is 8.42 Å². The molecule has 0 saturated heterocycles. The Morgan fingerprint density at radius 1 is 1.08 bits per heavy atom. The number of benzene rings is 1. The van der Waals surface area contributed by atoms with Crippen molar-refractivity contribution in [2.45, 2.75) is 38.3 Å². The summed E-state index contributed by atoms with van der Waals surface area (Å²) in [6.45, 7) is 7.36. The maximum Gasteiger partial charge on any atom is 0.243 e. The van der Waals surface area contributed by atoms with Gasteiger partial charge in [0, 0.05) is 31.9 Å². The summed E-state index contributed by atoms with van der Waals surface area (Å²) in [5.74, 6) is 0. The van der Waals surface area contributed by atoms with E-state index in [1.807, 2.05) is 44.2 Å². The molecule has 0 aliphatic rings. The highest BCUT2D eigenvalue weighted by molar-refractivity contribution is 7.89. The lowest BCUT2D eigenvalue weighted by molar-refractivity contribution is 0.445. The molecular formula is C18H25N3O2S. The predicted octanol–water partition coefficient (Wildman–Crippen LogP) is 2.96. The fourth-order valence-electron chi connectivity index (χ4n) is 2.52. The van der Waals surface area contributed by atoms with E-state index in [0.717, 1.165) is 11.3 Å². The minimum atomic E-state index is -3.40. The van der Waals surface area contributed by atoms with E-state index in [-0.39, 0.29) is 6.04 Å². The lowest BCUT2D eigenvalue weighted by Crippen LogP contribution is -2.30. The minimum absolute atomic E-state index is 0.109. The van der Waals surface area contributed by atoms with E-state index < -0.39 is 10.0 Å². The Hall–Kier alpha value is -1.76. The topological polar surface area (TPSA) is 62.3 Å². The Labute approximate surface area is 144 Å². The van der Waals surface area contributed by atoms with Crippen LogP contribution in [0.2, 0.25) is 0 Å². The van der Waals surface area contributed by atoms with Gasteiger partial charge in [0.15, 0.2) is 0 Å². The van der Waals surface area contributed by atoms with Crippen LogP contribution < -0.4 is 5.32 Å². The summed E-state index contributed by atoms with van der Waals surface area (Å²) in [6, 6.07) is 13.0. The number of hydrogen-bond donors (Lipinski definition) is 1. The van der Waals surface area contributed by atoms with E-state index in [9.17, 15) is 8.42 Å². The third-order valence-corrected chi connectivity index (χ3v) is 6.10. The summed E-state index contributed by atoms with van der Waals surface area (Å²) >= 11 is 0. The van der Waals surface area contributed by atoms with Crippen LogP contribution in [-0.2, 0) is 16.6 Å². The van der Waals surface area contributed by atoms with Crippen LogP contribution in [0, 0.1) is 0 Å². The van der Waals surface area contributed by atoms with Crippen LogP contribution in [0.4, 0.5) is 0 Å². The van der Waals surface area contributed by atoms with E-state index in [4.69, 9.17) is 0 Å². The monoisotopic (exact) mass is 347 g/mol. The van der Waals surface area contributed by atoms with Gasteiger partial charge in [-0.25, -0.2) is 8.42 Å². The summed E-state index contributed by atoms with van der Waals surface area (Å²) in [7, 11) is -3.40. The van der Waals surface area contributed by atoms with Crippen molar-refractivity contribution in [3.8, 4) is 0 Å². The highest BCUT2D eigenvalue weighted by atomic mass is 32.2. The van der Waals surface area contributed by atoms with Crippen LogP contribution >= 0.6 is 0 Å². The maximum atomic E-state index is 12.5. The molecule has 1 aromatic carbocycles. The molecule has 6 heteroatoms. The lowest BCUT2D eigenvalue weighted by atomic mass is 10.1. The zero-order valence-corrected chi connectivity index (χ0v) is 15.3. The normalized spacial score (nSPS) is 13.2. The molecule has 0 saturated carbocycles. The van der Waals surface area contributed by atoms with Gasteiger partial charge in [-0.3, -0.25) is 4.98 Å². The van der Waals surface area contributed by atoms with E-state index in [2.05, 4.69) is 17.2 Å². The Morgan fingerprint density at radius 3 is 2.29 bits per heavy atom. The lowest BCUT2D eigenvalue weighted by Gasteiger charge is -2.19. The highest BCUT2D eigenvalue weighted by Gasteiger charge is 2.21. The number of pyridine rings is 1. The zero-order valence-electron chi connectivity index (χ0n) is 14.4. The Balaban J connectivity index is 2.06. The number of nitrogens with zero attached hydrogens (tertiary/aromatic N) is 2. The third-order valence-electron chi connectivity index (χ3n) is 4.04. The van der Waals surface area contributed by atoms with Gasteiger partial charge in [0.2, 0.25) is 10.0 Å². The molecule has 1 heterocycles. The number of aromatic nitrogens is 1. The molecule has 1 aromatic heterocycles. The SMILES string of the molecule is CCN(CC)S(=O)(=O)c1ccc(C(C)NCc2ccccn2)cc1. The Morgan fingerprint density at radius 2 is 1.75 bits per heavy atom. The predicted molar refractivity (Wildman–Crippen MR) is 96.0 cm³/mol. The minimum Gasteiger partial charge on any atom is -0.305 e. The van der Waals surface area contributed by atoms with Crippen LogP contribution in [0.1, 0.15) is 38.1 Å². The van der Waals surface area contributed by atoms with Gasteiger partial charge in [-0.2, -0.15) is 4.31 Å². The van der Waals surface area contributed by atoms with Crippen LogP contribution in [-0.4, -0.2) is 30.8 Å². The maximum absolute atomic E-state index is 12.5. The van der Waals surface area contributed by atoms with Crippen LogP contribution in [0.3, 0.4) is 0 Å². The van der Waals surface area contributed by atoms with E-state index in [1.165, 1.54) is 4.31 Å². The van der Waals surface area contributed by atoms with Gasteiger partial charge < -0.3 is 5.32 Å². The molecule has 0 spiro atoms. The van der Waals surface area contributed by atoms with Gasteiger partial charge in [-0.1, -0.05) is 32.0 Å². The molecular weight excluding hydrogens is 322 g/mol. The number of sulfonamides is 1. The molecule has 1 N–H and O–H groups in total. The average Bonchev–Trinajstić information content (AvgIpc) is 2.61. The standard InChI is InChI=1S/C18H25N3O2S/c1-4-21(5-2)24(22,23)18-11-9-16(10-12-18)15(3)20-14-17-8-6-7-13-19-17/h6-13,15,20H,4-5,14H2,1-3H3. The van der Waals surface area contributed by atoms with Crippen molar-refractivity contribution in [1.29, 1.82) is 0 Å². The summed E-state index contributed by atoms with van der Waals surface area (Å²) in [5.41, 5.74) is 2.02. The first-order valence-corrected chi connectivity index (χ1v) is 9.66.